The first-order valence-electron chi connectivity index (χ1n) is 8.20. The summed E-state index contributed by atoms with van der Waals surface area (Å²) in [7, 11) is 0. The molecule has 22 heavy (non-hydrogen) atoms. The van der Waals surface area contributed by atoms with Gasteiger partial charge in [0.25, 0.3) is 0 Å². The number of halogens is 2. The fourth-order valence-corrected chi connectivity index (χ4v) is 9.78. The molecule has 0 aromatic rings. The van der Waals surface area contributed by atoms with Gasteiger partial charge in [0.2, 0.25) is 0 Å². The minimum Gasteiger partial charge on any atom is -1.00 e. The van der Waals surface area contributed by atoms with Gasteiger partial charge in [-0.1, -0.05) is 0 Å². The second-order valence-electron chi connectivity index (χ2n) is 5.67. The van der Waals surface area contributed by atoms with Gasteiger partial charge >= 0.3 is 133 Å². The van der Waals surface area contributed by atoms with Crippen LogP contribution in [-0.2, 0) is 21.3 Å². The van der Waals surface area contributed by atoms with Gasteiger partial charge in [-0.25, -0.2) is 0 Å². The molecule has 0 fully saturated rings. The number of hydrogen-bond donors (Lipinski definition) is 0. The van der Waals surface area contributed by atoms with E-state index in [1.807, 2.05) is 0 Å². The molecular formula is C19H28Cl2Zr. The average Bonchev–Trinajstić information content (AvgIpc) is 3.08. The summed E-state index contributed by atoms with van der Waals surface area (Å²) in [5.41, 5.74) is 6.60. The van der Waals surface area contributed by atoms with Gasteiger partial charge in [0.15, 0.2) is 0 Å². The summed E-state index contributed by atoms with van der Waals surface area (Å²) in [4.78, 5) is 0. The van der Waals surface area contributed by atoms with E-state index in [1.54, 1.807) is 28.9 Å². The first-order valence-corrected chi connectivity index (χ1v) is 12.4. The topological polar surface area (TPSA) is 0 Å². The largest absolute Gasteiger partial charge is 1.00 e. The molecule has 0 saturated carbocycles. The fraction of sp³-hybridized carbons (Fsp3) is 0.526. The van der Waals surface area contributed by atoms with Crippen molar-refractivity contribution in [2.45, 2.75) is 66.2 Å². The Morgan fingerprint density at radius 2 is 1.14 bits per heavy atom. The molecule has 0 radical (unpaired) electrons. The van der Waals surface area contributed by atoms with Crippen LogP contribution in [0.2, 0.25) is 0 Å². The SMILES string of the molecule is [CH2]=[Zr+2]([C]1=C(CC)C(CC)=CC1)[C]1=C(CC)C(CC)=CC1.[Cl-].[Cl-]. The summed E-state index contributed by atoms with van der Waals surface area (Å²) in [5, 5.41) is 0. The van der Waals surface area contributed by atoms with Gasteiger partial charge in [-0.15, -0.1) is 0 Å². The monoisotopic (exact) mass is 416 g/mol. The van der Waals surface area contributed by atoms with Crippen molar-refractivity contribution >= 4 is 4.21 Å². The molecular weight excluding hydrogens is 390 g/mol. The third-order valence-corrected chi connectivity index (χ3v) is 10.9. The van der Waals surface area contributed by atoms with E-state index >= 15 is 0 Å². The summed E-state index contributed by atoms with van der Waals surface area (Å²) >= 11 is -1.80. The van der Waals surface area contributed by atoms with E-state index in [0.29, 0.717) is 0 Å². The van der Waals surface area contributed by atoms with Crippen molar-refractivity contribution in [2.75, 3.05) is 0 Å². The van der Waals surface area contributed by atoms with Gasteiger partial charge in [0.05, 0.1) is 0 Å². The van der Waals surface area contributed by atoms with Crippen molar-refractivity contribution in [2.24, 2.45) is 0 Å². The molecule has 0 nitrogen and oxygen atoms in total. The van der Waals surface area contributed by atoms with Crippen LogP contribution in [0.4, 0.5) is 0 Å². The predicted octanol–water partition coefficient (Wildman–Crippen LogP) is -0.147. The Hall–Kier alpha value is 0.293. The normalized spacial score (nSPS) is 16.7. The molecule has 0 unspecified atom stereocenters. The molecule has 0 atom stereocenters. The minimum atomic E-state index is -1.80. The van der Waals surface area contributed by atoms with Crippen molar-refractivity contribution in [3.63, 3.8) is 0 Å². The second kappa shape index (κ2) is 10.2. The van der Waals surface area contributed by atoms with Crippen molar-refractivity contribution in [3.05, 3.63) is 41.0 Å². The Kier molecular flexibility index (Phi) is 10.4. The number of hydrogen-bond acceptors (Lipinski definition) is 0. The van der Waals surface area contributed by atoms with Gasteiger partial charge in [-0.3, -0.25) is 0 Å². The third kappa shape index (κ3) is 4.22. The molecule has 0 aromatic carbocycles. The van der Waals surface area contributed by atoms with Crippen LogP contribution >= 0.6 is 0 Å². The van der Waals surface area contributed by atoms with Crippen LogP contribution in [0, 0.1) is 0 Å². The molecule has 0 spiro atoms. The van der Waals surface area contributed by atoms with Gasteiger partial charge in [0.1, 0.15) is 0 Å². The van der Waals surface area contributed by atoms with Gasteiger partial charge in [0, 0.05) is 0 Å². The van der Waals surface area contributed by atoms with Crippen molar-refractivity contribution < 1.29 is 46.1 Å². The maximum Gasteiger partial charge on any atom is -1.00 e. The summed E-state index contributed by atoms with van der Waals surface area (Å²) in [6.07, 6.45) is 12.2. The molecule has 2 aliphatic rings. The molecule has 0 N–H and O–H groups in total. The Morgan fingerprint density at radius 3 is 1.41 bits per heavy atom. The minimum absolute atomic E-state index is 0. The molecule has 0 saturated heterocycles. The summed E-state index contributed by atoms with van der Waals surface area (Å²) < 4.78 is 8.33. The van der Waals surface area contributed by atoms with E-state index in [4.69, 9.17) is 4.21 Å². The van der Waals surface area contributed by atoms with Crippen molar-refractivity contribution in [3.8, 4) is 0 Å². The molecule has 0 aliphatic heterocycles. The van der Waals surface area contributed by atoms with Gasteiger partial charge in [-0.05, 0) is 0 Å². The molecule has 0 bridgehead atoms. The zero-order valence-electron chi connectivity index (χ0n) is 14.4. The molecule has 2 rings (SSSR count). The van der Waals surface area contributed by atoms with Crippen LogP contribution in [0.15, 0.2) is 41.0 Å². The van der Waals surface area contributed by atoms with Crippen LogP contribution in [0.25, 0.3) is 0 Å². The van der Waals surface area contributed by atoms with Crippen molar-refractivity contribution in [1.82, 2.24) is 0 Å². The van der Waals surface area contributed by atoms with E-state index in [-0.39, 0.29) is 24.8 Å². The van der Waals surface area contributed by atoms with Crippen molar-refractivity contribution in [1.29, 1.82) is 0 Å². The third-order valence-electron chi connectivity index (χ3n) is 4.81. The zero-order valence-corrected chi connectivity index (χ0v) is 18.3. The first kappa shape index (κ1) is 22.3. The van der Waals surface area contributed by atoms with Crippen LogP contribution in [-0.4, -0.2) is 4.21 Å². The maximum atomic E-state index is 4.75. The smallest absolute Gasteiger partial charge is 1.00 e. The van der Waals surface area contributed by atoms with Crippen LogP contribution in [0.1, 0.15) is 66.2 Å². The Bertz CT molecular complexity index is 500. The summed E-state index contributed by atoms with van der Waals surface area (Å²) in [6.45, 7) is 9.22. The molecule has 0 amide bonds. The van der Waals surface area contributed by atoms with E-state index < -0.39 is 21.3 Å². The second-order valence-corrected chi connectivity index (χ2v) is 11.0. The standard InChI is InChI=1S/2C9H13.CH2.2ClH.Zr/c2*1-3-8-6-5-7-9(8)4-2;;;;/h2*6H,3-5H2,1-2H3;1H2;2*1H;/q;;;;;+2/p-2. The van der Waals surface area contributed by atoms with Crippen LogP contribution < -0.4 is 24.8 Å². The van der Waals surface area contributed by atoms with Crippen LogP contribution in [0.3, 0.4) is 0 Å². The Labute approximate surface area is 156 Å². The van der Waals surface area contributed by atoms with Gasteiger partial charge in [-0.2, -0.15) is 0 Å². The number of rotatable bonds is 6. The molecule has 122 valence electrons. The number of allylic oxidation sites excluding steroid dienone is 8. The summed E-state index contributed by atoms with van der Waals surface area (Å²) in [6, 6.07) is 0. The molecule has 2 aliphatic carbocycles. The predicted molar refractivity (Wildman–Crippen MR) is 87.7 cm³/mol. The molecule has 0 aromatic heterocycles. The van der Waals surface area contributed by atoms with E-state index in [1.165, 1.54) is 38.5 Å². The van der Waals surface area contributed by atoms with Gasteiger partial charge < -0.3 is 24.8 Å². The fourth-order valence-electron chi connectivity index (χ4n) is 3.72. The average molecular weight is 419 g/mol. The quantitative estimate of drug-likeness (QED) is 0.563. The zero-order chi connectivity index (χ0) is 14.7. The maximum absolute atomic E-state index is 4.75. The molecule has 3 heteroatoms. The van der Waals surface area contributed by atoms with E-state index in [2.05, 4.69) is 39.8 Å². The van der Waals surface area contributed by atoms with Crippen LogP contribution in [0.5, 0.6) is 0 Å². The van der Waals surface area contributed by atoms with E-state index in [9.17, 15) is 0 Å². The Morgan fingerprint density at radius 1 is 0.773 bits per heavy atom. The van der Waals surface area contributed by atoms with E-state index in [0.717, 1.165) is 0 Å². The Balaban J connectivity index is 0.00000220. The first-order chi connectivity index (χ1) is 9.67. The summed E-state index contributed by atoms with van der Waals surface area (Å²) in [5.74, 6) is 0. The molecule has 0 heterocycles.